The molecule has 4 aromatic heterocycles. The summed E-state index contributed by atoms with van der Waals surface area (Å²) in [4.78, 5) is 38.1. The van der Waals surface area contributed by atoms with Crippen molar-refractivity contribution >= 4 is 6.03 Å². The molecule has 1 N–H and O–H groups in total. The van der Waals surface area contributed by atoms with Gasteiger partial charge in [0.15, 0.2) is 5.82 Å². The number of aromatic amines is 1. The molecule has 2 amide bonds. The highest BCUT2D eigenvalue weighted by Gasteiger charge is 2.29. The lowest BCUT2D eigenvalue weighted by Gasteiger charge is -2.20. The SMILES string of the molecule is Cc1cccc(-c2nc3n(c2-c2ccnc(-c4nc5c([nH]4)CN(C(=O)N(C)C)C5)c2)CCC3)n1. The first kappa shape index (κ1) is 20.6. The van der Waals surface area contributed by atoms with Crippen molar-refractivity contribution in [2.75, 3.05) is 14.1 Å². The predicted octanol–water partition coefficient (Wildman–Crippen LogP) is 3.65. The number of rotatable bonds is 3. The molecular weight excluding hydrogens is 428 g/mol. The Morgan fingerprint density at radius 2 is 1.97 bits per heavy atom. The summed E-state index contributed by atoms with van der Waals surface area (Å²) >= 11 is 0. The van der Waals surface area contributed by atoms with Gasteiger partial charge < -0.3 is 19.4 Å². The van der Waals surface area contributed by atoms with Crippen LogP contribution in [0, 0.1) is 6.92 Å². The van der Waals surface area contributed by atoms with Crippen LogP contribution in [0.15, 0.2) is 36.5 Å². The van der Waals surface area contributed by atoms with Crippen molar-refractivity contribution < 1.29 is 4.79 Å². The summed E-state index contributed by atoms with van der Waals surface area (Å²) < 4.78 is 2.31. The van der Waals surface area contributed by atoms with Gasteiger partial charge >= 0.3 is 6.03 Å². The van der Waals surface area contributed by atoms with E-state index in [0.717, 1.165) is 76.5 Å². The fraction of sp³-hybridized carbons (Fsp3) is 0.320. The second-order valence-corrected chi connectivity index (χ2v) is 9.12. The molecule has 0 bridgehead atoms. The van der Waals surface area contributed by atoms with Gasteiger partial charge in [-0.2, -0.15) is 0 Å². The Bertz CT molecular complexity index is 1390. The molecule has 0 saturated heterocycles. The zero-order valence-corrected chi connectivity index (χ0v) is 19.5. The van der Waals surface area contributed by atoms with Crippen LogP contribution in [-0.4, -0.2) is 59.4 Å². The second kappa shape index (κ2) is 7.79. The molecule has 2 aliphatic heterocycles. The number of aromatic nitrogens is 6. The van der Waals surface area contributed by atoms with Crippen molar-refractivity contribution in [1.29, 1.82) is 0 Å². The molecule has 0 unspecified atom stereocenters. The standard InChI is InChI=1S/C25H26N8O/c1-15-6-4-7-17(27-15)22-23(33-11-5-8-21(33)30-22)16-9-10-26-18(12-16)24-28-19-13-32(14-20(19)29-24)25(34)31(2)3/h4,6-7,9-10,12H,5,8,11,13-14H2,1-3H3,(H,28,29). The number of pyridine rings is 2. The molecule has 0 radical (unpaired) electrons. The van der Waals surface area contributed by atoms with E-state index in [1.54, 1.807) is 23.9 Å². The van der Waals surface area contributed by atoms with E-state index in [9.17, 15) is 4.79 Å². The molecule has 0 fully saturated rings. The number of urea groups is 1. The van der Waals surface area contributed by atoms with Crippen molar-refractivity contribution in [2.45, 2.75) is 39.4 Å². The number of fused-ring (bicyclic) bond motifs is 2. The van der Waals surface area contributed by atoms with Gasteiger partial charge in [0, 0.05) is 44.5 Å². The van der Waals surface area contributed by atoms with Crippen molar-refractivity contribution in [1.82, 2.24) is 39.3 Å². The van der Waals surface area contributed by atoms with Crippen LogP contribution in [0.3, 0.4) is 0 Å². The van der Waals surface area contributed by atoms with Gasteiger partial charge in [-0.3, -0.25) is 9.97 Å². The lowest BCUT2D eigenvalue weighted by atomic mass is 10.1. The molecule has 6 rings (SSSR count). The molecule has 34 heavy (non-hydrogen) atoms. The van der Waals surface area contributed by atoms with E-state index >= 15 is 0 Å². The van der Waals surface area contributed by atoms with Gasteiger partial charge in [-0.15, -0.1) is 0 Å². The number of carbonyl (C=O) groups is 1. The number of amides is 2. The van der Waals surface area contributed by atoms with Crippen LogP contribution in [0.25, 0.3) is 34.2 Å². The summed E-state index contributed by atoms with van der Waals surface area (Å²) in [7, 11) is 3.52. The summed E-state index contributed by atoms with van der Waals surface area (Å²) in [5.41, 5.74) is 7.53. The fourth-order valence-corrected chi connectivity index (χ4v) is 4.85. The van der Waals surface area contributed by atoms with Gasteiger partial charge in [-0.25, -0.2) is 14.8 Å². The number of carbonyl (C=O) groups excluding carboxylic acids is 1. The van der Waals surface area contributed by atoms with Crippen molar-refractivity contribution in [2.24, 2.45) is 0 Å². The minimum absolute atomic E-state index is 0.0139. The maximum atomic E-state index is 12.3. The van der Waals surface area contributed by atoms with Gasteiger partial charge in [0.05, 0.1) is 35.9 Å². The molecule has 0 aliphatic carbocycles. The third kappa shape index (κ3) is 3.35. The number of nitrogens with one attached hydrogen (secondary N) is 1. The summed E-state index contributed by atoms with van der Waals surface area (Å²) in [5, 5.41) is 0. The fourth-order valence-electron chi connectivity index (χ4n) is 4.85. The molecule has 9 heteroatoms. The minimum Gasteiger partial charge on any atom is -0.339 e. The van der Waals surface area contributed by atoms with Crippen molar-refractivity contribution in [3.63, 3.8) is 0 Å². The number of H-pyrrole nitrogens is 1. The summed E-state index contributed by atoms with van der Waals surface area (Å²) in [6.07, 6.45) is 3.90. The summed E-state index contributed by atoms with van der Waals surface area (Å²) in [5.74, 6) is 1.83. The third-order valence-corrected chi connectivity index (χ3v) is 6.44. The van der Waals surface area contributed by atoms with Gasteiger partial charge in [0.25, 0.3) is 0 Å². The topological polar surface area (TPSA) is 95.8 Å². The highest BCUT2D eigenvalue weighted by atomic mass is 16.2. The van der Waals surface area contributed by atoms with Gasteiger partial charge in [0.2, 0.25) is 0 Å². The molecular formula is C25H26N8O. The van der Waals surface area contributed by atoms with E-state index < -0.39 is 0 Å². The second-order valence-electron chi connectivity index (χ2n) is 9.12. The number of aryl methyl sites for hydroxylation is 2. The Morgan fingerprint density at radius 3 is 2.76 bits per heavy atom. The van der Waals surface area contributed by atoms with E-state index in [2.05, 4.69) is 20.6 Å². The zero-order valence-electron chi connectivity index (χ0n) is 19.5. The average Bonchev–Trinajstić information content (AvgIpc) is 3.58. The molecule has 4 aromatic rings. The Hall–Kier alpha value is -4.01. The molecule has 0 aromatic carbocycles. The van der Waals surface area contributed by atoms with Crippen LogP contribution in [0.4, 0.5) is 4.79 Å². The van der Waals surface area contributed by atoms with E-state index in [1.807, 2.05) is 37.4 Å². The number of imidazole rings is 2. The third-order valence-electron chi connectivity index (χ3n) is 6.44. The Morgan fingerprint density at radius 1 is 1.09 bits per heavy atom. The maximum Gasteiger partial charge on any atom is 0.320 e. The van der Waals surface area contributed by atoms with Gasteiger partial charge in [-0.1, -0.05) is 6.07 Å². The van der Waals surface area contributed by atoms with E-state index in [4.69, 9.17) is 15.0 Å². The predicted molar refractivity (Wildman–Crippen MR) is 128 cm³/mol. The first-order chi connectivity index (χ1) is 16.5. The normalized spacial score (nSPS) is 14.4. The lowest BCUT2D eigenvalue weighted by molar-refractivity contribution is 0.170. The summed E-state index contributed by atoms with van der Waals surface area (Å²) in [6.45, 7) is 3.98. The minimum atomic E-state index is -0.0139. The van der Waals surface area contributed by atoms with E-state index in [1.165, 1.54) is 0 Å². The monoisotopic (exact) mass is 454 g/mol. The van der Waals surface area contributed by atoms with Crippen LogP contribution < -0.4 is 0 Å². The van der Waals surface area contributed by atoms with Gasteiger partial charge in [0.1, 0.15) is 17.2 Å². The van der Waals surface area contributed by atoms with Crippen LogP contribution in [0.2, 0.25) is 0 Å². The molecule has 6 heterocycles. The van der Waals surface area contributed by atoms with Crippen molar-refractivity contribution in [3.05, 3.63) is 59.4 Å². The largest absolute Gasteiger partial charge is 0.339 e. The Kier molecular flexibility index (Phi) is 4.72. The molecule has 0 saturated carbocycles. The molecule has 0 atom stereocenters. The summed E-state index contributed by atoms with van der Waals surface area (Å²) in [6, 6.07) is 10.1. The smallest absolute Gasteiger partial charge is 0.320 e. The number of hydrogen-bond donors (Lipinski definition) is 1. The highest BCUT2D eigenvalue weighted by molar-refractivity contribution is 5.79. The highest BCUT2D eigenvalue weighted by Crippen LogP contribution is 2.36. The molecule has 2 aliphatic rings. The average molecular weight is 455 g/mol. The zero-order chi connectivity index (χ0) is 23.4. The lowest BCUT2D eigenvalue weighted by Crippen LogP contribution is -2.35. The van der Waals surface area contributed by atoms with Crippen LogP contribution in [-0.2, 0) is 26.1 Å². The maximum absolute atomic E-state index is 12.3. The number of nitrogens with zero attached hydrogens (tertiary/aromatic N) is 7. The first-order valence-corrected chi connectivity index (χ1v) is 11.5. The van der Waals surface area contributed by atoms with E-state index in [-0.39, 0.29) is 6.03 Å². The molecule has 172 valence electrons. The molecule has 9 nitrogen and oxygen atoms in total. The van der Waals surface area contributed by atoms with E-state index in [0.29, 0.717) is 13.1 Å². The van der Waals surface area contributed by atoms with Gasteiger partial charge in [-0.05, 0) is 37.6 Å². The van der Waals surface area contributed by atoms with Crippen molar-refractivity contribution in [3.8, 4) is 34.2 Å². The first-order valence-electron chi connectivity index (χ1n) is 11.5. The molecule has 0 spiro atoms. The van der Waals surface area contributed by atoms with Crippen LogP contribution >= 0.6 is 0 Å². The number of hydrogen-bond acceptors (Lipinski definition) is 5. The van der Waals surface area contributed by atoms with Crippen LogP contribution in [0.5, 0.6) is 0 Å². The van der Waals surface area contributed by atoms with Crippen LogP contribution in [0.1, 0.15) is 29.3 Å². The quantitative estimate of drug-likeness (QED) is 0.510. The Balaban J connectivity index is 1.37. The Labute approximate surface area is 197 Å².